The number of carbonyl (C=O) groups is 4. The minimum atomic E-state index is -2.62. The standard InChI is InChI=1S/C42H80O6S/c1-3-5-7-9-11-13-15-17-19-21-23-25-27-29-31-33-41(47)49(37-35-39(43)44,38-36-40(45)46)42(48)34-32-30-28-26-24-22-20-18-16-14-12-10-8-6-4-2/h3-38H2,1-2H3,(H,43,44)(H,45,46). The Kier molecular flexibility index (Phi) is 34.1. The number of hydrogen-bond acceptors (Lipinski definition) is 4. The topological polar surface area (TPSA) is 109 Å². The molecule has 0 aromatic heterocycles. The summed E-state index contributed by atoms with van der Waals surface area (Å²) in [6.45, 7) is 4.51. The van der Waals surface area contributed by atoms with Crippen LogP contribution in [0.2, 0.25) is 0 Å². The molecule has 0 radical (unpaired) electrons. The molecule has 0 unspecified atom stereocenters. The van der Waals surface area contributed by atoms with Crippen molar-refractivity contribution in [3.05, 3.63) is 0 Å². The second kappa shape index (κ2) is 35.1. The SMILES string of the molecule is CCCCCCCCCCCCCCCCCC(=O)S(CCC(=O)O)(CCC(=O)O)C(=O)CCCCCCCCCCCCCCCCC. The van der Waals surface area contributed by atoms with Crippen molar-refractivity contribution in [2.24, 2.45) is 0 Å². The first-order chi connectivity index (χ1) is 23.8. The molecule has 6 nitrogen and oxygen atoms in total. The van der Waals surface area contributed by atoms with E-state index in [4.69, 9.17) is 0 Å². The quantitative estimate of drug-likeness (QED) is 0.0617. The average Bonchev–Trinajstić information content (AvgIpc) is 3.08. The maximum atomic E-state index is 13.7. The van der Waals surface area contributed by atoms with Gasteiger partial charge in [-0.05, 0) is 12.8 Å². The van der Waals surface area contributed by atoms with Gasteiger partial charge in [-0.25, -0.2) is 0 Å². The highest BCUT2D eigenvalue weighted by molar-refractivity contribution is 8.55. The highest BCUT2D eigenvalue weighted by atomic mass is 32.3. The fourth-order valence-corrected chi connectivity index (χ4v) is 10.4. The molecule has 0 aliphatic rings. The predicted molar refractivity (Wildman–Crippen MR) is 211 cm³/mol. The summed E-state index contributed by atoms with van der Waals surface area (Å²) >= 11 is 0. The summed E-state index contributed by atoms with van der Waals surface area (Å²) in [5, 5.41) is 18.5. The normalized spacial score (nSPS) is 12.0. The summed E-state index contributed by atoms with van der Waals surface area (Å²) < 4.78 is 0. The van der Waals surface area contributed by atoms with Gasteiger partial charge in [0, 0.05) is 24.3 Å². The Morgan fingerprint density at radius 3 is 0.735 bits per heavy atom. The van der Waals surface area contributed by atoms with Gasteiger partial charge < -0.3 is 10.2 Å². The van der Waals surface area contributed by atoms with E-state index < -0.39 is 22.0 Å². The lowest BCUT2D eigenvalue weighted by atomic mass is 10.0. The van der Waals surface area contributed by atoms with E-state index in [0.717, 1.165) is 38.5 Å². The van der Waals surface area contributed by atoms with Crippen LogP contribution >= 0.6 is 10.0 Å². The van der Waals surface area contributed by atoms with Gasteiger partial charge in [0.05, 0.1) is 12.8 Å². The third-order valence-electron chi connectivity index (χ3n) is 10.2. The van der Waals surface area contributed by atoms with Gasteiger partial charge in [0.1, 0.15) is 0 Å². The van der Waals surface area contributed by atoms with Crippen LogP contribution in [0.1, 0.15) is 232 Å². The number of carbonyl (C=O) groups excluding carboxylic acids is 2. The van der Waals surface area contributed by atoms with Crippen molar-refractivity contribution >= 4 is 32.2 Å². The molecule has 7 heteroatoms. The monoisotopic (exact) mass is 713 g/mol. The van der Waals surface area contributed by atoms with Gasteiger partial charge in [-0.3, -0.25) is 19.2 Å². The van der Waals surface area contributed by atoms with E-state index in [0.29, 0.717) is 12.8 Å². The molecule has 0 amide bonds. The summed E-state index contributed by atoms with van der Waals surface area (Å²) in [7, 11) is -2.62. The van der Waals surface area contributed by atoms with Crippen LogP contribution in [0.4, 0.5) is 0 Å². The van der Waals surface area contributed by atoms with Crippen molar-refractivity contribution in [2.75, 3.05) is 11.5 Å². The van der Waals surface area contributed by atoms with E-state index in [1.807, 2.05) is 0 Å². The maximum absolute atomic E-state index is 13.7. The van der Waals surface area contributed by atoms with Crippen molar-refractivity contribution in [3.63, 3.8) is 0 Å². The summed E-state index contributed by atoms with van der Waals surface area (Å²) in [6, 6.07) is 0. The van der Waals surface area contributed by atoms with Gasteiger partial charge in [-0.2, -0.15) is 0 Å². The molecule has 0 aromatic carbocycles. The molecule has 2 N–H and O–H groups in total. The van der Waals surface area contributed by atoms with Gasteiger partial charge in [0.25, 0.3) is 0 Å². The Balaban J connectivity index is 4.45. The average molecular weight is 713 g/mol. The largest absolute Gasteiger partial charge is 0.481 e. The lowest BCUT2D eigenvalue weighted by molar-refractivity contribution is -0.137. The lowest BCUT2D eigenvalue weighted by Crippen LogP contribution is -2.29. The Bertz CT molecular complexity index is 747. The molecule has 0 rings (SSSR count). The Labute approximate surface area is 304 Å². The Hall–Kier alpha value is -1.37. The molecule has 0 aromatic rings. The van der Waals surface area contributed by atoms with Crippen LogP contribution in [0.5, 0.6) is 0 Å². The minimum Gasteiger partial charge on any atom is -0.481 e. The molecule has 0 spiro atoms. The van der Waals surface area contributed by atoms with Gasteiger partial charge in [0.2, 0.25) is 0 Å². The fourth-order valence-electron chi connectivity index (χ4n) is 6.88. The molecule has 0 fully saturated rings. The van der Waals surface area contributed by atoms with Crippen LogP contribution in [0.15, 0.2) is 0 Å². The van der Waals surface area contributed by atoms with E-state index >= 15 is 0 Å². The summed E-state index contributed by atoms with van der Waals surface area (Å²) in [4.78, 5) is 50.4. The highest BCUT2D eigenvalue weighted by Gasteiger charge is 2.39. The molecule has 0 aliphatic heterocycles. The van der Waals surface area contributed by atoms with Crippen LogP contribution < -0.4 is 0 Å². The van der Waals surface area contributed by atoms with Crippen LogP contribution in [-0.4, -0.2) is 43.9 Å². The zero-order valence-corrected chi connectivity index (χ0v) is 33.2. The van der Waals surface area contributed by atoms with Crippen molar-refractivity contribution in [3.8, 4) is 0 Å². The molecule has 0 bridgehead atoms. The van der Waals surface area contributed by atoms with E-state index in [9.17, 15) is 29.4 Å². The van der Waals surface area contributed by atoms with Crippen LogP contribution in [0.25, 0.3) is 0 Å². The van der Waals surface area contributed by atoms with Crippen LogP contribution in [0, 0.1) is 0 Å². The smallest absolute Gasteiger partial charge is 0.304 e. The number of hydrogen-bond donors (Lipinski definition) is 2. The Morgan fingerprint density at radius 1 is 0.327 bits per heavy atom. The van der Waals surface area contributed by atoms with E-state index in [-0.39, 0.29) is 47.4 Å². The first kappa shape index (κ1) is 47.6. The van der Waals surface area contributed by atoms with Gasteiger partial charge >= 0.3 is 11.9 Å². The third-order valence-corrected chi connectivity index (χ3v) is 14.1. The van der Waals surface area contributed by atoms with E-state index in [2.05, 4.69) is 13.8 Å². The zero-order chi connectivity index (χ0) is 36.3. The predicted octanol–water partition coefficient (Wildman–Crippen LogP) is 13.3. The minimum absolute atomic E-state index is 0.00917. The molecular weight excluding hydrogens is 633 g/mol. The number of carboxylic acid groups (broad SMARTS) is 2. The summed E-state index contributed by atoms with van der Waals surface area (Å²) in [5.74, 6) is -2.09. The zero-order valence-electron chi connectivity index (χ0n) is 32.4. The van der Waals surface area contributed by atoms with E-state index in [1.165, 1.54) is 141 Å². The maximum Gasteiger partial charge on any atom is 0.304 e. The van der Waals surface area contributed by atoms with Crippen molar-refractivity contribution < 1.29 is 29.4 Å². The second-order valence-corrected chi connectivity index (χ2v) is 18.2. The van der Waals surface area contributed by atoms with Crippen molar-refractivity contribution in [1.82, 2.24) is 0 Å². The van der Waals surface area contributed by atoms with Gasteiger partial charge in [-0.1, -0.05) is 194 Å². The van der Waals surface area contributed by atoms with Gasteiger partial charge in [0.15, 0.2) is 10.2 Å². The van der Waals surface area contributed by atoms with Crippen LogP contribution in [0.3, 0.4) is 0 Å². The highest BCUT2D eigenvalue weighted by Crippen LogP contribution is 2.53. The fraction of sp³-hybridized carbons (Fsp3) is 0.905. The molecule has 0 saturated carbocycles. The van der Waals surface area contributed by atoms with E-state index in [1.54, 1.807) is 0 Å². The molecule has 49 heavy (non-hydrogen) atoms. The molecular formula is C42H80O6S. The number of unbranched alkanes of at least 4 members (excludes halogenated alkanes) is 28. The Morgan fingerprint density at radius 2 is 0.531 bits per heavy atom. The molecule has 0 aliphatic carbocycles. The molecule has 0 atom stereocenters. The molecule has 290 valence electrons. The first-order valence-electron chi connectivity index (χ1n) is 21.1. The number of carboxylic acids is 2. The molecule has 0 heterocycles. The van der Waals surface area contributed by atoms with Gasteiger partial charge in [-0.15, -0.1) is 10.0 Å². The molecule has 0 saturated heterocycles. The second-order valence-electron chi connectivity index (χ2n) is 14.7. The summed E-state index contributed by atoms with van der Waals surface area (Å²) in [6.07, 6.45) is 36.9. The first-order valence-corrected chi connectivity index (χ1v) is 23.0. The lowest BCUT2D eigenvalue weighted by Gasteiger charge is -2.36. The number of rotatable bonds is 38. The van der Waals surface area contributed by atoms with Crippen molar-refractivity contribution in [2.45, 2.75) is 232 Å². The number of aliphatic carboxylic acids is 2. The third kappa shape index (κ3) is 29.0. The van der Waals surface area contributed by atoms with Crippen molar-refractivity contribution in [1.29, 1.82) is 0 Å². The summed E-state index contributed by atoms with van der Waals surface area (Å²) in [5.41, 5.74) is 0. The van der Waals surface area contributed by atoms with Crippen LogP contribution in [-0.2, 0) is 19.2 Å².